The Hall–Kier alpha value is -1.36. The molecule has 0 aliphatic carbocycles. The Kier molecular flexibility index (Phi) is 5.17. The fourth-order valence-electron chi connectivity index (χ4n) is 2.55. The fourth-order valence-corrected chi connectivity index (χ4v) is 2.55. The molecule has 1 aliphatic heterocycles. The summed E-state index contributed by atoms with van der Waals surface area (Å²) in [5.41, 5.74) is 0. The average Bonchev–Trinajstić information content (AvgIpc) is 2.82. The third kappa shape index (κ3) is 3.82. The van der Waals surface area contributed by atoms with Crippen molar-refractivity contribution in [2.45, 2.75) is 45.6 Å². The lowest BCUT2D eigenvalue weighted by atomic mass is 10.2. The Morgan fingerprint density at radius 2 is 2.00 bits per heavy atom. The molecule has 0 saturated carbocycles. The van der Waals surface area contributed by atoms with Crippen LogP contribution in [0.2, 0.25) is 0 Å². The lowest BCUT2D eigenvalue weighted by Crippen LogP contribution is -2.31. The lowest BCUT2D eigenvalue weighted by molar-refractivity contribution is 0.322. The molecule has 1 unspecified atom stereocenters. The molecule has 1 atom stereocenters. The smallest absolute Gasteiger partial charge is 0.135 e. The highest BCUT2D eigenvalue weighted by Crippen LogP contribution is 2.19. The van der Waals surface area contributed by atoms with Crippen LogP contribution in [0.4, 0.5) is 11.6 Å². The maximum Gasteiger partial charge on any atom is 0.135 e. The molecule has 0 amide bonds. The van der Waals surface area contributed by atoms with Crippen LogP contribution in [-0.2, 0) is 0 Å². The normalized spacial score (nSPS) is 19.6. The second-order valence-electron chi connectivity index (χ2n) is 5.84. The number of nitrogens with zero attached hydrogens (tertiary/aromatic N) is 3. The van der Waals surface area contributed by atoms with E-state index in [1.807, 2.05) is 6.07 Å². The van der Waals surface area contributed by atoms with Gasteiger partial charge in [0.2, 0.25) is 0 Å². The van der Waals surface area contributed by atoms with Crippen molar-refractivity contribution in [3.63, 3.8) is 0 Å². The van der Waals surface area contributed by atoms with Gasteiger partial charge in [-0.05, 0) is 33.4 Å². The Bertz CT molecular complexity index is 432. The molecule has 112 valence electrons. The number of aromatic nitrogens is 2. The van der Waals surface area contributed by atoms with Crippen molar-refractivity contribution < 1.29 is 0 Å². The van der Waals surface area contributed by atoms with E-state index >= 15 is 0 Å². The predicted molar refractivity (Wildman–Crippen MR) is 84.4 cm³/mol. The summed E-state index contributed by atoms with van der Waals surface area (Å²) in [6.07, 6.45) is 2.57. The zero-order chi connectivity index (χ0) is 14.5. The van der Waals surface area contributed by atoms with E-state index in [-0.39, 0.29) is 0 Å². The Morgan fingerprint density at radius 3 is 2.55 bits per heavy atom. The minimum atomic E-state index is 0.336. The van der Waals surface area contributed by atoms with Crippen molar-refractivity contribution in [1.82, 2.24) is 14.9 Å². The SMILES string of the molecule is CCNc1cc(NCC2CCCN2C)nc(C(C)C)n1. The minimum Gasteiger partial charge on any atom is -0.370 e. The molecule has 1 aliphatic rings. The average molecular weight is 277 g/mol. The maximum atomic E-state index is 4.62. The van der Waals surface area contributed by atoms with Crippen molar-refractivity contribution in [3.05, 3.63) is 11.9 Å². The number of rotatable bonds is 6. The van der Waals surface area contributed by atoms with Gasteiger partial charge in [0.15, 0.2) is 0 Å². The number of likely N-dealkylation sites (N-methyl/N-ethyl adjacent to an activating group) is 1. The first-order chi connectivity index (χ1) is 9.60. The molecular formula is C15H27N5. The maximum absolute atomic E-state index is 4.62. The molecule has 2 rings (SSSR count). The molecule has 20 heavy (non-hydrogen) atoms. The Morgan fingerprint density at radius 1 is 1.30 bits per heavy atom. The van der Waals surface area contributed by atoms with Gasteiger partial charge in [-0.2, -0.15) is 0 Å². The molecule has 5 heteroatoms. The van der Waals surface area contributed by atoms with Crippen LogP contribution in [0.25, 0.3) is 0 Å². The minimum absolute atomic E-state index is 0.336. The van der Waals surface area contributed by atoms with Gasteiger partial charge in [0.25, 0.3) is 0 Å². The summed E-state index contributed by atoms with van der Waals surface area (Å²) in [5, 5.41) is 6.76. The summed E-state index contributed by atoms with van der Waals surface area (Å²) >= 11 is 0. The largest absolute Gasteiger partial charge is 0.370 e. The van der Waals surface area contributed by atoms with E-state index in [9.17, 15) is 0 Å². The third-order valence-corrected chi connectivity index (χ3v) is 3.81. The Labute approximate surface area is 122 Å². The molecule has 0 bridgehead atoms. The molecule has 2 N–H and O–H groups in total. The van der Waals surface area contributed by atoms with E-state index in [4.69, 9.17) is 0 Å². The number of hydrogen-bond donors (Lipinski definition) is 2. The van der Waals surface area contributed by atoms with Gasteiger partial charge >= 0.3 is 0 Å². The summed E-state index contributed by atoms with van der Waals surface area (Å²) in [6.45, 7) is 9.36. The van der Waals surface area contributed by atoms with Gasteiger partial charge in [-0.1, -0.05) is 13.8 Å². The van der Waals surface area contributed by atoms with Crippen LogP contribution in [0.5, 0.6) is 0 Å². The van der Waals surface area contributed by atoms with E-state index in [1.54, 1.807) is 0 Å². The monoisotopic (exact) mass is 277 g/mol. The molecule has 1 saturated heterocycles. The van der Waals surface area contributed by atoms with Gasteiger partial charge < -0.3 is 15.5 Å². The predicted octanol–water partition coefficient (Wildman–Crippen LogP) is 2.54. The second kappa shape index (κ2) is 6.88. The van der Waals surface area contributed by atoms with Crippen LogP contribution in [0.3, 0.4) is 0 Å². The molecule has 1 aromatic rings. The standard InChI is InChI=1S/C15H27N5/c1-5-16-13-9-14(19-15(18-13)11(2)3)17-10-12-7-6-8-20(12)4/h9,11-12H,5-8,10H2,1-4H3,(H2,16,17,18,19). The summed E-state index contributed by atoms with van der Waals surface area (Å²) < 4.78 is 0. The number of likely N-dealkylation sites (tertiary alicyclic amines) is 1. The molecule has 5 nitrogen and oxygen atoms in total. The number of hydrogen-bond acceptors (Lipinski definition) is 5. The molecule has 1 fully saturated rings. The summed E-state index contributed by atoms with van der Waals surface area (Å²) in [7, 11) is 2.20. The highest BCUT2D eigenvalue weighted by molar-refractivity contribution is 5.48. The molecule has 0 radical (unpaired) electrons. The van der Waals surface area contributed by atoms with Crippen LogP contribution in [0.1, 0.15) is 45.4 Å². The summed E-state index contributed by atoms with van der Waals surface area (Å²) in [5.74, 6) is 3.07. The van der Waals surface area contributed by atoms with Gasteiger partial charge in [-0.15, -0.1) is 0 Å². The second-order valence-corrected chi connectivity index (χ2v) is 5.84. The molecule has 0 aromatic carbocycles. The number of anilines is 2. The van der Waals surface area contributed by atoms with Crippen molar-refractivity contribution in [2.75, 3.05) is 37.3 Å². The van der Waals surface area contributed by atoms with E-state index in [0.717, 1.165) is 30.5 Å². The van der Waals surface area contributed by atoms with Gasteiger partial charge in [0.1, 0.15) is 17.5 Å². The van der Waals surface area contributed by atoms with Crippen molar-refractivity contribution in [1.29, 1.82) is 0 Å². The van der Waals surface area contributed by atoms with Crippen LogP contribution >= 0.6 is 0 Å². The van der Waals surface area contributed by atoms with Crippen LogP contribution < -0.4 is 10.6 Å². The van der Waals surface area contributed by atoms with Crippen LogP contribution in [0.15, 0.2) is 6.07 Å². The quantitative estimate of drug-likeness (QED) is 0.837. The van der Waals surface area contributed by atoms with Crippen LogP contribution in [-0.4, -0.2) is 47.6 Å². The van der Waals surface area contributed by atoms with E-state index < -0.39 is 0 Å². The van der Waals surface area contributed by atoms with E-state index in [2.05, 4.69) is 53.3 Å². The highest BCUT2D eigenvalue weighted by Gasteiger charge is 2.20. The van der Waals surface area contributed by atoms with Gasteiger partial charge in [-0.3, -0.25) is 0 Å². The first kappa shape index (κ1) is 15.0. The molecule has 2 heterocycles. The lowest BCUT2D eigenvalue weighted by Gasteiger charge is -2.20. The molecular weight excluding hydrogens is 250 g/mol. The molecule has 0 spiro atoms. The summed E-state index contributed by atoms with van der Waals surface area (Å²) in [6, 6.07) is 2.62. The zero-order valence-corrected chi connectivity index (χ0v) is 13.1. The highest BCUT2D eigenvalue weighted by atomic mass is 15.2. The number of nitrogens with one attached hydrogen (secondary N) is 2. The van der Waals surface area contributed by atoms with E-state index in [0.29, 0.717) is 12.0 Å². The first-order valence-corrected chi connectivity index (χ1v) is 7.67. The van der Waals surface area contributed by atoms with Gasteiger partial charge in [0.05, 0.1) is 0 Å². The Balaban J connectivity index is 2.05. The van der Waals surface area contributed by atoms with Gasteiger partial charge in [0, 0.05) is 31.1 Å². The van der Waals surface area contributed by atoms with E-state index in [1.165, 1.54) is 19.4 Å². The van der Waals surface area contributed by atoms with Crippen LogP contribution in [0, 0.1) is 0 Å². The van der Waals surface area contributed by atoms with Gasteiger partial charge in [-0.25, -0.2) is 9.97 Å². The molecule has 1 aromatic heterocycles. The topological polar surface area (TPSA) is 53.1 Å². The van der Waals surface area contributed by atoms with Crippen molar-refractivity contribution >= 4 is 11.6 Å². The van der Waals surface area contributed by atoms with Crippen molar-refractivity contribution in [3.8, 4) is 0 Å². The first-order valence-electron chi connectivity index (χ1n) is 7.67. The van der Waals surface area contributed by atoms with Crippen molar-refractivity contribution in [2.24, 2.45) is 0 Å². The fraction of sp³-hybridized carbons (Fsp3) is 0.733. The third-order valence-electron chi connectivity index (χ3n) is 3.81. The summed E-state index contributed by atoms with van der Waals surface area (Å²) in [4.78, 5) is 11.6. The zero-order valence-electron chi connectivity index (χ0n) is 13.1.